The van der Waals surface area contributed by atoms with E-state index in [1.165, 1.54) is 13.4 Å². The topological polar surface area (TPSA) is 75.0 Å². The molecule has 0 saturated carbocycles. The summed E-state index contributed by atoms with van der Waals surface area (Å²) in [5.74, 6) is 0.921. The van der Waals surface area contributed by atoms with Crippen molar-refractivity contribution < 1.29 is 23.4 Å². The number of hydrogen-bond acceptors (Lipinski definition) is 6. The van der Waals surface area contributed by atoms with Gasteiger partial charge in [-0.2, -0.15) is 0 Å². The highest BCUT2D eigenvalue weighted by Gasteiger charge is 2.12. The fraction of sp³-hybridized carbons (Fsp3) is 0.154. The molecule has 0 saturated heterocycles. The molecule has 0 N–H and O–H groups in total. The second kappa shape index (κ2) is 8.98. The molecule has 3 aromatic carbocycles. The van der Waals surface area contributed by atoms with Crippen LogP contribution < -0.4 is 14.9 Å². The average Bonchev–Trinajstić information content (AvgIpc) is 2.81. The Morgan fingerprint density at radius 1 is 0.938 bits per heavy atom. The molecule has 32 heavy (non-hydrogen) atoms. The summed E-state index contributed by atoms with van der Waals surface area (Å²) < 4.78 is 22.0. The first kappa shape index (κ1) is 21.2. The fourth-order valence-corrected chi connectivity index (χ4v) is 3.21. The quantitative estimate of drug-likeness (QED) is 0.373. The Labute approximate surface area is 185 Å². The molecule has 6 nitrogen and oxygen atoms in total. The van der Waals surface area contributed by atoms with Gasteiger partial charge < -0.3 is 18.6 Å². The van der Waals surface area contributed by atoms with E-state index >= 15 is 0 Å². The third-order valence-corrected chi connectivity index (χ3v) is 5.06. The SMILES string of the molecule is COC(=O)c1ccc(COc2ccc3c(=O)c(Oc4cc(C)ccc4C)coc3c2)cc1. The summed E-state index contributed by atoms with van der Waals surface area (Å²) in [5.41, 5.74) is 3.48. The molecule has 0 aliphatic heterocycles. The Bertz CT molecular complexity index is 1340. The molecule has 0 radical (unpaired) electrons. The maximum atomic E-state index is 12.9. The molecule has 4 rings (SSSR count). The Morgan fingerprint density at radius 2 is 1.72 bits per heavy atom. The third-order valence-electron chi connectivity index (χ3n) is 5.06. The third kappa shape index (κ3) is 4.49. The predicted molar refractivity (Wildman–Crippen MR) is 121 cm³/mol. The van der Waals surface area contributed by atoms with Crippen LogP contribution in [0.3, 0.4) is 0 Å². The van der Waals surface area contributed by atoms with Crippen LogP contribution in [0.25, 0.3) is 11.0 Å². The number of ether oxygens (including phenoxy) is 3. The summed E-state index contributed by atoms with van der Waals surface area (Å²) in [4.78, 5) is 24.4. The average molecular weight is 430 g/mol. The second-order valence-corrected chi connectivity index (χ2v) is 7.44. The van der Waals surface area contributed by atoms with E-state index in [0.29, 0.717) is 34.6 Å². The Kier molecular flexibility index (Phi) is 5.94. The van der Waals surface area contributed by atoms with Crippen LogP contribution in [0.4, 0.5) is 0 Å². The molecule has 1 aromatic heterocycles. The number of methoxy groups -OCH3 is 1. The van der Waals surface area contributed by atoms with Gasteiger partial charge in [-0.3, -0.25) is 4.79 Å². The number of benzene rings is 3. The zero-order chi connectivity index (χ0) is 22.7. The van der Waals surface area contributed by atoms with Crippen molar-refractivity contribution >= 4 is 16.9 Å². The zero-order valence-corrected chi connectivity index (χ0v) is 18.0. The number of rotatable bonds is 6. The molecule has 0 fully saturated rings. The van der Waals surface area contributed by atoms with Crippen LogP contribution in [0, 0.1) is 13.8 Å². The van der Waals surface area contributed by atoms with Crippen molar-refractivity contribution in [2.24, 2.45) is 0 Å². The van der Waals surface area contributed by atoms with Gasteiger partial charge >= 0.3 is 5.97 Å². The molecular weight excluding hydrogens is 408 g/mol. The minimum Gasteiger partial charge on any atom is -0.489 e. The van der Waals surface area contributed by atoms with Crippen molar-refractivity contribution in [2.45, 2.75) is 20.5 Å². The molecule has 0 amide bonds. The molecule has 0 spiro atoms. The number of aryl methyl sites for hydroxylation is 2. The summed E-state index contributed by atoms with van der Waals surface area (Å²) >= 11 is 0. The van der Waals surface area contributed by atoms with Crippen LogP contribution in [0.15, 0.2) is 76.1 Å². The first-order chi connectivity index (χ1) is 15.4. The van der Waals surface area contributed by atoms with Gasteiger partial charge in [0, 0.05) is 6.07 Å². The monoisotopic (exact) mass is 430 g/mol. The van der Waals surface area contributed by atoms with Crippen LogP contribution >= 0.6 is 0 Å². The van der Waals surface area contributed by atoms with Crippen LogP contribution in [-0.4, -0.2) is 13.1 Å². The summed E-state index contributed by atoms with van der Waals surface area (Å²) in [5, 5.41) is 0.405. The minimum atomic E-state index is -0.386. The molecule has 0 aliphatic rings. The highest BCUT2D eigenvalue weighted by Crippen LogP contribution is 2.27. The maximum absolute atomic E-state index is 12.9. The van der Waals surface area contributed by atoms with Crippen LogP contribution in [0.5, 0.6) is 17.2 Å². The van der Waals surface area contributed by atoms with Gasteiger partial charge in [-0.05, 0) is 60.9 Å². The van der Waals surface area contributed by atoms with E-state index in [-0.39, 0.29) is 17.1 Å². The highest BCUT2D eigenvalue weighted by atomic mass is 16.5. The van der Waals surface area contributed by atoms with Gasteiger partial charge in [-0.1, -0.05) is 24.3 Å². The van der Waals surface area contributed by atoms with E-state index in [1.54, 1.807) is 42.5 Å². The lowest BCUT2D eigenvalue weighted by atomic mass is 10.1. The first-order valence-electron chi connectivity index (χ1n) is 10.1. The zero-order valence-electron chi connectivity index (χ0n) is 18.0. The van der Waals surface area contributed by atoms with Crippen molar-refractivity contribution in [3.05, 3.63) is 99.4 Å². The standard InChI is InChI=1S/C26H22O6/c1-16-4-5-17(2)22(12-16)32-24-15-31-23-13-20(10-11-21(23)25(24)27)30-14-18-6-8-19(9-7-18)26(28)29-3/h4-13,15H,14H2,1-3H3. The fourth-order valence-electron chi connectivity index (χ4n) is 3.21. The summed E-state index contributed by atoms with van der Waals surface area (Å²) in [7, 11) is 1.34. The Hall–Kier alpha value is -4.06. The molecule has 162 valence electrons. The minimum absolute atomic E-state index is 0.130. The number of carbonyl (C=O) groups excluding carboxylic acids is 1. The van der Waals surface area contributed by atoms with E-state index in [2.05, 4.69) is 0 Å². The van der Waals surface area contributed by atoms with Crippen molar-refractivity contribution in [3.8, 4) is 17.2 Å². The molecule has 0 atom stereocenters. The lowest BCUT2D eigenvalue weighted by Crippen LogP contribution is -2.06. The van der Waals surface area contributed by atoms with Crippen LogP contribution in [0.1, 0.15) is 27.0 Å². The maximum Gasteiger partial charge on any atom is 0.337 e. The molecule has 6 heteroatoms. The van der Waals surface area contributed by atoms with Gasteiger partial charge in [-0.15, -0.1) is 0 Å². The summed E-state index contributed by atoms with van der Waals surface area (Å²) in [6, 6.07) is 17.8. The van der Waals surface area contributed by atoms with Crippen molar-refractivity contribution in [3.63, 3.8) is 0 Å². The second-order valence-electron chi connectivity index (χ2n) is 7.44. The van der Waals surface area contributed by atoms with Crippen molar-refractivity contribution in [2.75, 3.05) is 7.11 Å². The molecule has 0 bridgehead atoms. The smallest absolute Gasteiger partial charge is 0.337 e. The van der Waals surface area contributed by atoms with E-state index in [9.17, 15) is 9.59 Å². The summed E-state index contributed by atoms with van der Waals surface area (Å²) in [6.45, 7) is 4.18. The Balaban J connectivity index is 1.51. The summed E-state index contributed by atoms with van der Waals surface area (Å²) in [6.07, 6.45) is 1.32. The van der Waals surface area contributed by atoms with E-state index < -0.39 is 0 Å². The van der Waals surface area contributed by atoms with E-state index in [0.717, 1.165) is 16.7 Å². The molecule has 4 aromatic rings. The predicted octanol–water partition coefficient (Wildman–Crippen LogP) is 5.57. The number of carbonyl (C=O) groups is 1. The number of esters is 1. The highest BCUT2D eigenvalue weighted by molar-refractivity contribution is 5.89. The van der Waals surface area contributed by atoms with Gasteiger partial charge in [0.1, 0.15) is 30.0 Å². The van der Waals surface area contributed by atoms with Gasteiger partial charge in [0.15, 0.2) is 0 Å². The van der Waals surface area contributed by atoms with Crippen molar-refractivity contribution in [1.82, 2.24) is 0 Å². The molecule has 1 heterocycles. The van der Waals surface area contributed by atoms with Crippen molar-refractivity contribution in [1.29, 1.82) is 0 Å². The van der Waals surface area contributed by atoms with Crippen LogP contribution in [-0.2, 0) is 11.3 Å². The Morgan fingerprint density at radius 3 is 2.47 bits per heavy atom. The number of hydrogen-bond donors (Lipinski definition) is 0. The largest absolute Gasteiger partial charge is 0.489 e. The first-order valence-corrected chi connectivity index (χ1v) is 10.1. The lowest BCUT2D eigenvalue weighted by molar-refractivity contribution is 0.0600. The van der Waals surface area contributed by atoms with Gasteiger partial charge in [-0.25, -0.2) is 4.79 Å². The van der Waals surface area contributed by atoms with E-state index in [1.807, 2.05) is 32.0 Å². The molecule has 0 unspecified atom stereocenters. The van der Waals surface area contributed by atoms with Crippen LogP contribution in [0.2, 0.25) is 0 Å². The van der Waals surface area contributed by atoms with Gasteiger partial charge in [0.25, 0.3) is 0 Å². The van der Waals surface area contributed by atoms with E-state index in [4.69, 9.17) is 18.6 Å². The van der Waals surface area contributed by atoms with Gasteiger partial charge in [0.05, 0.1) is 18.1 Å². The van der Waals surface area contributed by atoms with Gasteiger partial charge in [0.2, 0.25) is 11.2 Å². The normalized spacial score (nSPS) is 10.7. The number of fused-ring (bicyclic) bond motifs is 1. The lowest BCUT2D eigenvalue weighted by Gasteiger charge is -2.10. The molecular formula is C26H22O6. The molecule has 0 aliphatic carbocycles.